The van der Waals surface area contributed by atoms with Crippen molar-refractivity contribution in [2.24, 2.45) is 0 Å². The van der Waals surface area contributed by atoms with Crippen molar-refractivity contribution < 1.29 is 4.79 Å². The predicted octanol–water partition coefficient (Wildman–Crippen LogP) is 1.25. The van der Waals surface area contributed by atoms with Crippen molar-refractivity contribution in [2.75, 3.05) is 27.2 Å². The fourth-order valence-corrected chi connectivity index (χ4v) is 3.57. The minimum absolute atomic E-state index is 0.0531. The molecule has 0 spiro atoms. The second-order valence-corrected chi connectivity index (χ2v) is 6.50. The van der Waals surface area contributed by atoms with E-state index in [2.05, 4.69) is 53.5 Å². The summed E-state index contributed by atoms with van der Waals surface area (Å²) >= 11 is 0. The quantitative estimate of drug-likeness (QED) is 0.909. The Hall–Kier alpha value is -1.39. The number of hydrogen-bond donors (Lipinski definition) is 1. The molecule has 2 heterocycles. The van der Waals surface area contributed by atoms with Crippen LogP contribution in [0, 0.1) is 0 Å². The second-order valence-electron chi connectivity index (χ2n) is 6.50. The highest BCUT2D eigenvalue weighted by molar-refractivity contribution is 5.83. The fourth-order valence-electron chi connectivity index (χ4n) is 3.57. The van der Waals surface area contributed by atoms with Crippen molar-refractivity contribution in [3.63, 3.8) is 0 Å². The van der Waals surface area contributed by atoms with Crippen LogP contribution < -0.4 is 5.32 Å². The number of rotatable bonds is 3. The Morgan fingerprint density at radius 1 is 1.33 bits per heavy atom. The number of nitrogens with one attached hydrogen (secondary N) is 1. The summed E-state index contributed by atoms with van der Waals surface area (Å²) in [6.45, 7) is 2.69. The highest BCUT2D eigenvalue weighted by atomic mass is 16.2. The van der Waals surface area contributed by atoms with E-state index in [1.54, 1.807) is 0 Å². The van der Waals surface area contributed by atoms with Crippen molar-refractivity contribution >= 4 is 5.91 Å². The molecule has 0 saturated carbocycles. The van der Waals surface area contributed by atoms with Gasteiger partial charge >= 0.3 is 0 Å². The molecule has 2 aliphatic rings. The Balaban J connectivity index is 1.68. The van der Waals surface area contributed by atoms with Gasteiger partial charge in [0.05, 0.1) is 6.04 Å². The molecule has 1 saturated heterocycles. The second kappa shape index (κ2) is 6.16. The minimum atomic E-state index is -0.0531. The highest BCUT2D eigenvalue weighted by Crippen LogP contribution is 2.22. The Labute approximate surface area is 127 Å². The van der Waals surface area contributed by atoms with E-state index in [1.807, 2.05) is 0 Å². The average Bonchev–Trinajstić information content (AvgIpc) is 2.93. The van der Waals surface area contributed by atoms with E-state index < -0.39 is 0 Å². The molecule has 1 aromatic rings. The molecule has 0 aromatic heterocycles. The van der Waals surface area contributed by atoms with Crippen molar-refractivity contribution in [1.29, 1.82) is 0 Å². The molecule has 1 fully saturated rings. The third-order valence-electron chi connectivity index (χ3n) is 4.62. The zero-order valence-electron chi connectivity index (χ0n) is 13.0. The van der Waals surface area contributed by atoms with Gasteiger partial charge in [0, 0.05) is 25.7 Å². The number of likely N-dealkylation sites (N-methyl/N-ethyl adjacent to an activating group) is 1. The number of amides is 1. The standard InChI is InChI=1S/C17H25N3O/c1-19(2)12-15-8-5-9-20(15)17(21)16-10-13-6-3-4-7-14(13)11-18-16/h3-4,6-7,15-16,18H,5,8-12H2,1-2H3/t15?,16-/m0/s1. The smallest absolute Gasteiger partial charge is 0.240 e. The van der Waals surface area contributed by atoms with Gasteiger partial charge in [0.2, 0.25) is 5.91 Å². The summed E-state index contributed by atoms with van der Waals surface area (Å²) in [6, 6.07) is 8.76. The van der Waals surface area contributed by atoms with Crippen LogP contribution in [-0.4, -0.2) is 55.0 Å². The van der Waals surface area contributed by atoms with E-state index in [0.717, 1.165) is 38.9 Å². The SMILES string of the molecule is CN(C)CC1CCCN1C(=O)[C@@H]1Cc2ccccc2CN1. The van der Waals surface area contributed by atoms with Gasteiger partial charge < -0.3 is 15.1 Å². The molecule has 114 valence electrons. The topological polar surface area (TPSA) is 35.6 Å². The lowest BCUT2D eigenvalue weighted by atomic mass is 9.95. The summed E-state index contributed by atoms with van der Waals surface area (Å²) in [4.78, 5) is 17.1. The molecule has 0 bridgehead atoms. The first-order chi connectivity index (χ1) is 10.1. The Bertz CT molecular complexity index is 515. The van der Waals surface area contributed by atoms with Crippen molar-refractivity contribution in [1.82, 2.24) is 15.1 Å². The summed E-state index contributed by atoms with van der Waals surface area (Å²) in [5, 5.41) is 3.42. The van der Waals surface area contributed by atoms with E-state index >= 15 is 0 Å². The van der Waals surface area contributed by atoms with Gasteiger partial charge in [-0.3, -0.25) is 4.79 Å². The van der Waals surface area contributed by atoms with E-state index in [4.69, 9.17) is 0 Å². The highest BCUT2D eigenvalue weighted by Gasteiger charge is 2.34. The number of benzene rings is 1. The minimum Gasteiger partial charge on any atom is -0.337 e. The van der Waals surface area contributed by atoms with Gasteiger partial charge in [0.25, 0.3) is 0 Å². The van der Waals surface area contributed by atoms with Gasteiger partial charge in [-0.05, 0) is 44.5 Å². The Morgan fingerprint density at radius 2 is 2.10 bits per heavy atom. The third-order valence-corrected chi connectivity index (χ3v) is 4.62. The molecule has 2 aliphatic heterocycles. The maximum absolute atomic E-state index is 12.8. The van der Waals surface area contributed by atoms with Crippen molar-refractivity contribution in [3.05, 3.63) is 35.4 Å². The van der Waals surface area contributed by atoms with Gasteiger partial charge in [-0.15, -0.1) is 0 Å². The molecule has 1 unspecified atom stereocenters. The maximum atomic E-state index is 12.8. The van der Waals surface area contributed by atoms with Crippen LogP contribution in [-0.2, 0) is 17.8 Å². The molecule has 1 amide bonds. The maximum Gasteiger partial charge on any atom is 0.240 e. The van der Waals surface area contributed by atoms with Gasteiger partial charge in [-0.2, -0.15) is 0 Å². The molecule has 1 N–H and O–H groups in total. The first-order valence-corrected chi connectivity index (χ1v) is 7.90. The lowest BCUT2D eigenvalue weighted by Gasteiger charge is -2.33. The molecule has 1 aromatic carbocycles. The third kappa shape index (κ3) is 3.11. The van der Waals surface area contributed by atoms with E-state index in [0.29, 0.717) is 6.04 Å². The molecular weight excluding hydrogens is 262 g/mol. The summed E-state index contributed by atoms with van der Waals surface area (Å²) in [5.41, 5.74) is 2.64. The van der Waals surface area contributed by atoms with Crippen molar-refractivity contribution in [2.45, 2.75) is 37.9 Å². The van der Waals surface area contributed by atoms with Gasteiger partial charge in [-0.25, -0.2) is 0 Å². The van der Waals surface area contributed by atoms with Gasteiger partial charge in [-0.1, -0.05) is 24.3 Å². The van der Waals surface area contributed by atoms with Crippen LogP contribution in [0.15, 0.2) is 24.3 Å². The molecule has 0 radical (unpaired) electrons. The number of nitrogens with zero attached hydrogens (tertiary/aromatic N) is 2. The predicted molar refractivity (Wildman–Crippen MR) is 84.1 cm³/mol. The van der Waals surface area contributed by atoms with Crippen LogP contribution in [0.25, 0.3) is 0 Å². The molecule has 21 heavy (non-hydrogen) atoms. The summed E-state index contributed by atoms with van der Waals surface area (Å²) in [5.74, 6) is 0.286. The van der Waals surface area contributed by atoms with E-state index in [1.165, 1.54) is 11.1 Å². The number of likely N-dealkylation sites (tertiary alicyclic amines) is 1. The molecule has 2 atom stereocenters. The fraction of sp³-hybridized carbons (Fsp3) is 0.588. The van der Waals surface area contributed by atoms with Gasteiger partial charge in [0.1, 0.15) is 0 Å². The zero-order valence-corrected chi connectivity index (χ0v) is 13.0. The summed E-state index contributed by atoms with van der Waals surface area (Å²) in [6.07, 6.45) is 3.08. The average molecular weight is 287 g/mol. The first-order valence-electron chi connectivity index (χ1n) is 7.90. The largest absolute Gasteiger partial charge is 0.337 e. The van der Waals surface area contributed by atoms with Crippen LogP contribution in [0.5, 0.6) is 0 Å². The first kappa shape index (κ1) is 14.5. The lowest BCUT2D eigenvalue weighted by Crippen LogP contribution is -2.52. The van der Waals surface area contributed by atoms with Crippen LogP contribution in [0.3, 0.4) is 0 Å². The number of carbonyl (C=O) groups excluding carboxylic acids is 1. The Kier molecular flexibility index (Phi) is 4.27. The van der Waals surface area contributed by atoms with Gasteiger partial charge in [0.15, 0.2) is 0 Å². The molecule has 4 nitrogen and oxygen atoms in total. The summed E-state index contributed by atoms with van der Waals surface area (Å²) in [7, 11) is 4.16. The summed E-state index contributed by atoms with van der Waals surface area (Å²) < 4.78 is 0. The number of hydrogen-bond acceptors (Lipinski definition) is 3. The Morgan fingerprint density at radius 3 is 2.86 bits per heavy atom. The van der Waals surface area contributed by atoms with Crippen LogP contribution in [0.4, 0.5) is 0 Å². The molecule has 3 rings (SSSR count). The monoisotopic (exact) mass is 287 g/mol. The molecular formula is C17H25N3O. The number of carbonyl (C=O) groups is 1. The molecule has 0 aliphatic carbocycles. The van der Waals surface area contributed by atoms with Crippen LogP contribution >= 0.6 is 0 Å². The normalized spacial score (nSPS) is 25.2. The van der Waals surface area contributed by atoms with Crippen LogP contribution in [0.1, 0.15) is 24.0 Å². The lowest BCUT2D eigenvalue weighted by molar-refractivity contribution is -0.134. The number of fused-ring (bicyclic) bond motifs is 1. The van der Waals surface area contributed by atoms with E-state index in [9.17, 15) is 4.79 Å². The zero-order chi connectivity index (χ0) is 14.8. The van der Waals surface area contributed by atoms with Crippen LogP contribution in [0.2, 0.25) is 0 Å². The van der Waals surface area contributed by atoms with Crippen molar-refractivity contribution in [3.8, 4) is 0 Å². The van der Waals surface area contributed by atoms with E-state index in [-0.39, 0.29) is 11.9 Å². The molecule has 4 heteroatoms.